The summed E-state index contributed by atoms with van der Waals surface area (Å²) in [6, 6.07) is 1.63. The summed E-state index contributed by atoms with van der Waals surface area (Å²) in [5.41, 5.74) is 5.79. The van der Waals surface area contributed by atoms with Crippen LogP contribution in [0.3, 0.4) is 0 Å². The van der Waals surface area contributed by atoms with E-state index < -0.39 is 5.97 Å². The van der Waals surface area contributed by atoms with Gasteiger partial charge in [-0.2, -0.15) is 0 Å². The van der Waals surface area contributed by atoms with E-state index in [1.807, 2.05) is 0 Å². The van der Waals surface area contributed by atoms with Gasteiger partial charge in [0.25, 0.3) is 0 Å². The Bertz CT molecular complexity index is 450. The molecule has 0 aromatic carbocycles. The molecule has 0 radical (unpaired) electrons. The molecule has 4 N–H and O–H groups in total. The van der Waals surface area contributed by atoms with Crippen LogP contribution in [0.25, 0.3) is 0 Å². The molecule has 1 fully saturated rings. The summed E-state index contributed by atoms with van der Waals surface area (Å²) in [6.45, 7) is 0. The van der Waals surface area contributed by atoms with Crippen LogP contribution >= 0.6 is 0 Å². The van der Waals surface area contributed by atoms with Crippen LogP contribution in [0.1, 0.15) is 29.6 Å². The summed E-state index contributed by atoms with van der Waals surface area (Å²) in [5.74, 6) is -0.525. The number of carbonyl (C=O) groups is 1. The standard InChI is InChI=1S/C12H17N3O3/c1-18-10-4-2-3-9(10)15-11-5-7(12(16)17)8(13)6-14-11/h5-6,9-10H,2-4,13H2,1H3,(H,14,15)(H,16,17). The van der Waals surface area contributed by atoms with Gasteiger partial charge in [0.15, 0.2) is 0 Å². The van der Waals surface area contributed by atoms with Gasteiger partial charge in [-0.25, -0.2) is 9.78 Å². The van der Waals surface area contributed by atoms with Gasteiger partial charge in [-0.15, -0.1) is 0 Å². The number of aromatic nitrogens is 1. The van der Waals surface area contributed by atoms with Crippen molar-refractivity contribution >= 4 is 17.5 Å². The smallest absolute Gasteiger partial charge is 0.337 e. The first-order chi connectivity index (χ1) is 8.61. The summed E-state index contributed by atoms with van der Waals surface area (Å²) in [6.07, 6.45) is 4.61. The van der Waals surface area contributed by atoms with Crippen LogP contribution in [0.15, 0.2) is 12.3 Å². The Balaban J connectivity index is 2.14. The average Bonchev–Trinajstić information content (AvgIpc) is 2.78. The van der Waals surface area contributed by atoms with Crippen LogP contribution in [0.5, 0.6) is 0 Å². The van der Waals surface area contributed by atoms with E-state index in [2.05, 4.69) is 10.3 Å². The third kappa shape index (κ3) is 2.53. The van der Waals surface area contributed by atoms with E-state index in [-0.39, 0.29) is 23.4 Å². The van der Waals surface area contributed by atoms with Gasteiger partial charge in [0, 0.05) is 7.11 Å². The lowest BCUT2D eigenvalue weighted by atomic mass is 10.2. The number of nitrogens with two attached hydrogens (primary N) is 1. The topological polar surface area (TPSA) is 97.5 Å². The molecular weight excluding hydrogens is 234 g/mol. The van der Waals surface area contributed by atoms with Crippen molar-refractivity contribution in [1.29, 1.82) is 0 Å². The normalized spacial score (nSPS) is 22.9. The lowest BCUT2D eigenvalue weighted by molar-refractivity contribution is 0.0698. The van der Waals surface area contributed by atoms with Gasteiger partial charge in [0.2, 0.25) is 0 Å². The molecule has 1 aliphatic rings. The number of pyridine rings is 1. The predicted molar refractivity (Wildman–Crippen MR) is 67.7 cm³/mol. The molecule has 0 amide bonds. The minimum absolute atomic E-state index is 0.0689. The van der Waals surface area contributed by atoms with E-state index in [4.69, 9.17) is 15.6 Å². The van der Waals surface area contributed by atoms with E-state index in [0.29, 0.717) is 5.82 Å². The number of nitrogens with one attached hydrogen (secondary N) is 1. The molecular formula is C12H17N3O3. The fourth-order valence-corrected chi connectivity index (χ4v) is 2.29. The maximum absolute atomic E-state index is 11.0. The van der Waals surface area contributed by atoms with Crippen molar-refractivity contribution in [2.75, 3.05) is 18.2 Å². The fraction of sp³-hybridized carbons (Fsp3) is 0.500. The molecule has 1 saturated carbocycles. The van der Waals surface area contributed by atoms with E-state index in [1.165, 1.54) is 12.3 Å². The van der Waals surface area contributed by atoms with Crippen molar-refractivity contribution in [3.05, 3.63) is 17.8 Å². The molecule has 98 valence electrons. The lowest BCUT2D eigenvalue weighted by Crippen LogP contribution is -2.30. The van der Waals surface area contributed by atoms with Gasteiger partial charge in [0.1, 0.15) is 5.82 Å². The molecule has 1 aromatic rings. The highest BCUT2D eigenvalue weighted by Gasteiger charge is 2.27. The number of ether oxygens (including phenoxy) is 1. The number of hydrogen-bond donors (Lipinski definition) is 3. The predicted octanol–water partition coefficient (Wildman–Crippen LogP) is 1.34. The number of carboxylic acid groups (broad SMARTS) is 1. The maximum Gasteiger partial charge on any atom is 0.337 e. The van der Waals surface area contributed by atoms with Crippen LogP contribution in [0.4, 0.5) is 11.5 Å². The SMILES string of the molecule is COC1CCCC1Nc1cc(C(=O)O)c(N)cn1. The zero-order valence-corrected chi connectivity index (χ0v) is 10.2. The summed E-state index contributed by atoms with van der Waals surface area (Å²) in [5, 5.41) is 12.2. The Morgan fingerprint density at radius 2 is 2.39 bits per heavy atom. The molecule has 1 aromatic heterocycles. The van der Waals surface area contributed by atoms with Crippen molar-refractivity contribution in [1.82, 2.24) is 4.98 Å². The van der Waals surface area contributed by atoms with E-state index in [0.717, 1.165) is 19.3 Å². The summed E-state index contributed by atoms with van der Waals surface area (Å²) in [7, 11) is 1.68. The average molecular weight is 251 g/mol. The van der Waals surface area contributed by atoms with Crippen molar-refractivity contribution in [2.45, 2.75) is 31.4 Å². The molecule has 0 saturated heterocycles. The second kappa shape index (κ2) is 5.22. The van der Waals surface area contributed by atoms with Crippen molar-refractivity contribution in [2.24, 2.45) is 0 Å². The maximum atomic E-state index is 11.0. The highest BCUT2D eigenvalue weighted by molar-refractivity contribution is 5.94. The molecule has 1 aliphatic carbocycles. The van der Waals surface area contributed by atoms with Crippen LogP contribution in [0.2, 0.25) is 0 Å². The van der Waals surface area contributed by atoms with Crippen molar-refractivity contribution in [3.8, 4) is 0 Å². The van der Waals surface area contributed by atoms with Crippen LogP contribution in [-0.2, 0) is 4.74 Å². The Morgan fingerprint density at radius 3 is 3.06 bits per heavy atom. The zero-order valence-electron chi connectivity index (χ0n) is 10.2. The molecule has 1 heterocycles. The quantitative estimate of drug-likeness (QED) is 0.747. The molecule has 0 bridgehead atoms. The third-order valence-electron chi connectivity index (χ3n) is 3.25. The molecule has 2 atom stereocenters. The van der Waals surface area contributed by atoms with Crippen molar-refractivity contribution in [3.63, 3.8) is 0 Å². The number of nitrogens with zero attached hydrogens (tertiary/aromatic N) is 1. The molecule has 18 heavy (non-hydrogen) atoms. The van der Waals surface area contributed by atoms with Gasteiger partial charge in [-0.1, -0.05) is 0 Å². The van der Waals surface area contributed by atoms with Gasteiger partial charge in [-0.05, 0) is 25.3 Å². The number of nitrogen functional groups attached to an aromatic ring is 1. The van der Waals surface area contributed by atoms with E-state index in [1.54, 1.807) is 7.11 Å². The number of carboxylic acids is 1. The van der Waals surface area contributed by atoms with Crippen LogP contribution in [-0.4, -0.2) is 35.3 Å². The number of rotatable bonds is 4. The number of hydrogen-bond acceptors (Lipinski definition) is 5. The Morgan fingerprint density at radius 1 is 1.61 bits per heavy atom. The first-order valence-corrected chi connectivity index (χ1v) is 5.90. The van der Waals surface area contributed by atoms with Gasteiger partial charge in [0.05, 0.1) is 29.6 Å². The highest BCUT2D eigenvalue weighted by Crippen LogP contribution is 2.25. The highest BCUT2D eigenvalue weighted by atomic mass is 16.5. The molecule has 6 heteroatoms. The molecule has 0 aliphatic heterocycles. The van der Waals surface area contributed by atoms with Crippen LogP contribution < -0.4 is 11.1 Å². The minimum atomic E-state index is -1.05. The molecule has 0 spiro atoms. The Hall–Kier alpha value is -1.82. The summed E-state index contributed by atoms with van der Waals surface area (Å²) < 4.78 is 5.37. The molecule has 6 nitrogen and oxygen atoms in total. The first-order valence-electron chi connectivity index (χ1n) is 5.90. The van der Waals surface area contributed by atoms with Gasteiger partial charge >= 0.3 is 5.97 Å². The zero-order chi connectivity index (χ0) is 13.1. The second-order valence-electron chi connectivity index (χ2n) is 4.42. The number of anilines is 2. The van der Waals surface area contributed by atoms with Gasteiger partial charge < -0.3 is 20.9 Å². The second-order valence-corrected chi connectivity index (χ2v) is 4.42. The summed E-state index contributed by atoms with van der Waals surface area (Å²) in [4.78, 5) is 15.1. The minimum Gasteiger partial charge on any atom is -0.478 e. The molecule has 2 rings (SSSR count). The Kier molecular flexibility index (Phi) is 3.66. The van der Waals surface area contributed by atoms with E-state index in [9.17, 15) is 4.79 Å². The largest absolute Gasteiger partial charge is 0.478 e. The number of aromatic carboxylic acids is 1. The van der Waals surface area contributed by atoms with E-state index >= 15 is 0 Å². The van der Waals surface area contributed by atoms with Crippen LogP contribution in [0, 0.1) is 0 Å². The van der Waals surface area contributed by atoms with Gasteiger partial charge in [-0.3, -0.25) is 0 Å². The van der Waals surface area contributed by atoms with Crippen molar-refractivity contribution < 1.29 is 14.6 Å². The lowest BCUT2D eigenvalue weighted by Gasteiger charge is -2.20. The number of methoxy groups -OCH3 is 1. The molecule has 2 unspecified atom stereocenters. The Labute approximate surface area is 105 Å². The fourth-order valence-electron chi connectivity index (χ4n) is 2.29. The monoisotopic (exact) mass is 251 g/mol. The third-order valence-corrected chi connectivity index (χ3v) is 3.25. The summed E-state index contributed by atoms with van der Waals surface area (Å²) >= 11 is 0. The first kappa shape index (κ1) is 12.6.